The van der Waals surface area contributed by atoms with E-state index in [-0.39, 0.29) is 5.78 Å². The molecule has 1 saturated carbocycles. The average Bonchev–Trinajstić information content (AvgIpc) is 3.24. The van der Waals surface area contributed by atoms with Crippen LogP contribution < -0.4 is 0 Å². The van der Waals surface area contributed by atoms with Gasteiger partial charge in [-0.3, -0.25) is 4.79 Å². The predicted molar refractivity (Wildman–Crippen MR) is 101 cm³/mol. The summed E-state index contributed by atoms with van der Waals surface area (Å²) in [6, 6.07) is 6.97. The number of carbonyl (C=O) groups is 1. The van der Waals surface area contributed by atoms with Crippen LogP contribution in [-0.4, -0.2) is 41.5 Å². The Bertz CT molecular complexity index is 706. The normalized spacial score (nSPS) is 16.0. The van der Waals surface area contributed by atoms with Crippen LogP contribution >= 0.6 is 11.3 Å². The van der Waals surface area contributed by atoms with Gasteiger partial charge in [-0.1, -0.05) is 6.07 Å². The Hall–Kier alpha value is -1.39. The molecule has 130 valence electrons. The van der Waals surface area contributed by atoms with E-state index in [0.29, 0.717) is 12.6 Å². The Morgan fingerprint density at radius 3 is 2.62 bits per heavy atom. The van der Waals surface area contributed by atoms with Gasteiger partial charge in [-0.25, -0.2) is 0 Å². The maximum atomic E-state index is 13.0. The molecule has 3 nitrogen and oxygen atoms in total. The van der Waals surface area contributed by atoms with Crippen molar-refractivity contribution in [3.63, 3.8) is 0 Å². The number of thiophene rings is 1. The van der Waals surface area contributed by atoms with Crippen molar-refractivity contribution in [3.05, 3.63) is 45.4 Å². The van der Waals surface area contributed by atoms with E-state index in [2.05, 4.69) is 56.1 Å². The van der Waals surface area contributed by atoms with Crippen molar-refractivity contribution in [1.82, 2.24) is 4.57 Å². The number of ketones is 1. The van der Waals surface area contributed by atoms with Gasteiger partial charge < -0.3 is 9.05 Å². The van der Waals surface area contributed by atoms with Gasteiger partial charge in [-0.15, -0.1) is 11.3 Å². The van der Waals surface area contributed by atoms with Crippen molar-refractivity contribution in [3.8, 4) is 0 Å². The first-order chi connectivity index (χ1) is 11.4. The van der Waals surface area contributed by atoms with Gasteiger partial charge in [0.05, 0.1) is 26.7 Å². The van der Waals surface area contributed by atoms with E-state index in [0.717, 1.165) is 22.3 Å². The summed E-state index contributed by atoms with van der Waals surface area (Å²) < 4.78 is 3.10. The molecule has 0 spiro atoms. The molecule has 2 heterocycles. The van der Waals surface area contributed by atoms with Crippen LogP contribution in [0.1, 0.15) is 52.3 Å². The zero-order valence-electron chi connectivity index (χ0n) is 15.3. The van der Waals surface area contributed by atoms with Gasteiger partial charge in [0.15, 0.2) is 0 Å². The number of aryl methyl sites for hydroxylation is 1. The van der Waals surface area contributed by atoms with Gasteiger partial charge in [0.2, 0.25) is 5.78 Å². The standard InChI is InChI=1S/C20H29N2OS/c1-15-12-19(16(2)21(15)13-18-10-7-11-24-18)20(23)14-22(3,4)17-8-5-6-9-17/h7,10-12,17H,5-6,8-9,13-14H2,1-4H3/q+1. The van der Waals surface area contributed by atoms with E-state index < -0.39 is 0 Å². The number of quaternary nitrogens is 1. The van der Waals surface area contributed by atoms with E-state index in [9.17, 15) is 4.79 Å². The summed E-state index contributed by atoms with van der Waals surface area (Å²) in [5.74, 6) is 0.289. The largest absolute Gasteiger partial charge is 0.343 e. The minimum atomic E-state index is 0.289. The van der Waals surface area contributed by atoms with Crippen molar-refractivity contribution >= 4 is 17.1 Å². The highest BCUT2D eigenvalue weighted by Crippen LogP contribution is 2.28. The van der Waals surface area contributed by atoms with Gasteiger partial charge in [-0.2, -0.15) is 0 Å². The van der Waals surface area contributed by atoms with Gasteiger partial charge >= 0.3 is 0 Å². The number of hydrogen-bond donors (Lipinski definition) is 0. The minimum absolute atomic E-state index is 0.289. The maximum absolute atomic E-state index is 13.0. The number of carbonyl (C=O) groups excluding carboxylic acids is 1. The molecule has 0 aliphatic heterocycles. The second-order valence-electron chi connectivity index (χ2n) is 7.75. The highest BCUT2D eigenvalue weighted by atomic mass is 32.1. The minimum Gasteiger partial charge on any atom is -0.343 e. The molecular formula is C20H29N2OS+. The van der Waals surface area contributed by atoms with Gasteiger partial charge in [-0.05, 0) is 57.0 Å². The Labute approximate surface area is 149 Å². The third-order valence-electron chi connectivity index (χ3n) is 5.63. The third kappa shape index (κ3) is 3.50. The number of likely N-dealkylation sites (N-methyl/N-ethyl adjacent to an activating group) is 1. The first-order valence-corrected chi connectivity index (χ1v) is 9.81. The van der Waals surface area contributed by atoms with Crippen LogP contribution in [0.3, 0.4) is 0 Å². The first-order valence-electron chi connectivity index (χ1n) is 8.93. The lowest BCUT2D eigenvalue weighted by atomic mass is 10.1. The fourth-order valence-electron chi connectivity index (χ4n) is 4.07. The van der Waals surface area contributed by atoms with E-state index in [1.165, 1.54) is 36.3 Å². The Morgan fingerprint density at radius 2 is 2.00 bits per heavy atom. The van der Waals surface area contributed by atoms with Crippen LogP contribution in [0.2, 0.25) is 0 Å². The molecular weight excluding hydrogens is 316 g/mol. The lowest BCUT2D eigenvalue weighted by Crippen LogP contribution is -2.50. The van der Waals surface area contributed by atoms with E-state index >= 15 is 0 Å². The average molecular weight is 346 g/mol. The smallest absolute Gasteiger partial charge is 0.218 e. The van der Waals surface area contributed by atoms with E-state index in [1.54, 1.807) is 11.3 Å². The summed E-state index contributed by atoms with van der Waals surface area (Å²) >= 11 is 1.77. The zero-order chi connectivity index (χ0) is 17.3. The molecule has 0 aromatic carbocycles. The summed E-state index contributed by atoms with van der Waals surface area (Å²) in [6.45, 7) is 5.66. The van der Waals surface area contributed by atoms with Crippen LogP contribution in [0.15, 0.2) is 23.6 Å². The molecule has 1 aliphatic carbocycles. The number of rotatable bonds is 6. The van der Waals surface area contributed by atoms with Crippen molar-refractivity contribution in [2.45, 2.75) is 52.1 Å². The molecule has 0 bridgehead atoms. The molecule has 0 amide bonds. The Morgan fingerprint density at radius 1 is 1.29 bits per heavy atom. The topological polar surface area (TPSA) is 22.0 Å². The second-order valence-corrected chi connectivity index (χ2v) is 8.78. The molecule has 24 heavy (non-hydrogen) atoms. The summed E-state index contributed by atoms with van der Waals surface area (Å²) in [5.41, 5.74) is 3.20. The third-order valence-corrected chi connectivity index (χ3v) is 6.49. The highest BCUT2D eigenvalue weighted by molar-refractivity contribution is 7.09. The molecule has 3 rings (SSSR count). The molecule has 4 heteroatoms. The molecule has 0 atom stereocenters. The first kappa shape index (κ1) is 17.4. The van der Waals surface area contributed by atoms with Gasteiger partial charge in [0, 0.05) is 21.8 Å². The highest BCUT2D eigenvalue weighted by Gasteiger charge is 2.34. The molecule has 0 unspecified atom stereocenters. The van der Waals surface area contributed by atoms with E-state index in [4.69, 9.17) is 0 Å². The Kier molecular flexibility index (Phi) is 4.97. The fourth-order valence-corrected chi connectivity index (χ4v) is 4.77. The zero-order valence-corrected chi connectivity index (χ0v) is 16.2. The quantitative estimate of drug-likeness (QED) is 0.561. The van der Waals surface area contributed by atoms with Crippen LogP contribution in [0.25, 0.3) is 0 Å². The summed E-state index contributed by atoms with van der Waals surface area (Å²) in [7, 11) is 4.44. The lowest BCUT2D eigenvalue weighted by molar-refractivity contribution is -0.906. The van der Waals surface area contributed by atoms with Crippen molar-refractivity contribution in [2.75, 3.05) is 20.6 Å². The van der Waals surface area contributed by atoms with Crippen molar-refractivity contribution < 1.29 is 9.28 Å². The molecule has 0 radical (unpaired) electrons. The molecule has 1 fully saturated rings. The number of Topliss-reactive ketones (excluding diaryl/α,β-unsaturated/α-hetero) is 1. The molecule has 2 aromatic rings. The molecule has 2 aromatic heterocycles. The van der Waals surface area contributed by atoms with Crippen LogP contribution in [-0.2, 0) is 6.54 Å². The summed E-state index contributed by atoms with van der Waals surface area (Å²) in [6.07, 6.45) is 5.15. The molecule has 0 saturated heterocycles. The van der Waals surface area contributed by atoms with Gasteiger partial charge in [0.25, 0.3) is 0 Å². The van der Waals surface area contributed by atoms with Crippen LogP contribution in [0.5, 0.6) is 0 Å². The summed E-state index contributed by atoms with van der Waals surface area (Å²) in [5, 5.41) is 2.11. The predicted octanol–water partition coefficient (Wildman–Crippen LogP) is 4.42. The monoisotopic (exact) mass is 345 g/mol. The van der Waals surface area contributed by atoms with Gasteiger partial charge in [0.1, 0.15) is 6.54 Å². The van der Waals surface area contributed by atoms with Crippen molar-refractivity contribution in [1.29, 1.82) is 0 Å². The number of hydrogen-bond acceptors (Lipinski definition) is 2. The van der Waals surface area contributed by atoms with Crippen molar-refractivity contribution in [2.24, 2.45) is 0 Å². The summed E-state index contributed by atoms with van der Waals surface area (Å²) in [4.78, 5) is 14.3. The lowest BCUT2D eigenvalue weighted by Gasteiger charge is -2.35. The molecule has 1 aliphatic rings. The fraction of sp³-hybridized carbons (Fsp3) is 0.550. The second kappa shape index (κ2) is 6.85. The number of aromatic nitrogens is 1. The van der Waals surface area contributed by atoms with Crippen LogP contribution in [0.4, 0.5) is 0 Å². The SMILES string of the molecule is Cc1cc(C(=O)C[N+](C)(C)C2CCCC2)c(C)n1Cc1cccs1. The van der Waals surface area contributed by atoms with Crippen LogP contribution in [0, 0.1) is 13.8 Å². The maximum Gasteiger partial charge on any atom is 0.218 e. The Balaban J connectivity index is 1.77. The van der Waals surface area contributed by atoms with E-state index in [1.807, 2.05) is 0 Å². The number of nitrogens with zero attached hydrogens (tertiary/aromatic N) is 2. The molecule has 0 N–H and O–H groups in total.